The average molecular weight is 532 g/mol. The van der Waals surface area contributed by atoms with Crippen LogP contribution in [0.1, 0.15) is 16.9 Å². The van der Waals surface area contributed by atoms with Gasteiger partial charge in [-0.3, -0.25) is 15.1 Å². The van der Waals surface area contributed by atoms with Crippen LogP contribution in [0, 0.1) is 36.3 Å². The number of aromatic nitrogens is 2. The minimum Gasteiger partial charge on any atom is -0.346 e. The number of rotatable bonds is 6. The number of hydrogen-bond donors (Lipinski definition) is 1. The van der Waals surface area contributed by atoms with Crippen LogP contribution in [0.5, 0.6) is 0 Å². The Hall–Kier alpha value is -5.02. The van der Waals surface area contributed by atoms with Gasteiger partial charge in [0.05, 0.1) is 20.9 Å². The molecular formula is C25H21N7O5S. The molecule has 13 heteroatoms. The molecule has 0 aliphatic heterocycles. The van der Waals surface area contributed by atoms with Crippen LogP contribution in [-0.2, 0) is 10.0 Å². The van der Waals surface area contributed by atoms with Gasteiger partial charge in [0.25, 0.3) is 5.69 Å². The van der Waals surface area contributed by atoms with Gasteiger partial charge in [0.15, 0.2) is 0 Å². The van der Waals surface area contributed by atoms with Gasteiger partial charge < -0.3 is 4.52 Å². The molecule has 0 radical (unpaired) electrons. The number of nitrogens with zero attached hydrogens (tertiary/aromatic N) is 6. The van der Waals surface area contributed by atoms with Crippen LogP contribution in [0.2, 0.25) is 0 Å². The number of terminal acetylenes is 1. The monoisotopic (exact) mass is 531 g/mol. The van der Waals surface area contributed by atoms with Gasteiger partial charge >= 0.3 is 0 Å². The zero-order valence-corrected chi connectivity index (χ0v) is 21.3. The van der Waals surface area contributed by atoms with Crippen LogP contribution in [-0.4, -0.2) is 30.5 Å². The fourth-order valence-electron chi connectivity index (χ4n) is 3.51. The zero-order chi connectivity index (χ0) is 27.9. The Balaban J connectivity index is 0.000000244. The summed E-state index contributed by atoms with van der Waals surface area (Å²) in [6, 6.07) is 15.9. The fraction of sp³-hybridized carbons (Fsp3) is 0.120. The van der Waals surface area contributed by atoms with Crippen molar-refractivity contribution < 1.29 is 17.9 Å². The number of nitro groups is 1. The molecule has 0 saturated heterocycles. The van der Waals surface area contributed by atoms with Crippen molar-refractivity contribution in [3.8, 4) is 34.7 Å². The first-order chi connectivity index (χ1) is 18.1. The molecule has 0 saturated carbocycles. The Morgan fingerprint density at radius 2 is 1.79 bits per heavy atom. The molecule has 1 N–H and O–H groups in total. The highest BCUT2D eigenvalue weighted by atomic mass is 32.2. The van der Waals surface area contributed by atoms with E-state index in [9.17, 15) is 18.5 Å². The topological polar surface area (TPSA) is 177 Å². The van der Waals surface area contributed by atoms with Gasteiger partial charge in [-0.25, -0.2) is 13.1 Å². The number of sulfonamides is 1. The van der Waals surface area contributed by atoms with Crippen molar-refractivity contribution in [2.75, 3.05) is 7.05 Å². The summed E-state index contributed by atoms with van der Waals surface area (Å²) in [5.74, 6) is 2.83. The second-order valence-corrected chi connectivity index (χ2v) is 9.55. The summed E-state index contributed by atoms with van der Waals surface area (Å²) in [4.78, 5) is 16.6. The highest BCUT2D eigenvalue weighted by Crippen LogP contribution is 2.34. The summed E-state index contributed by atoms with van der Waals surface area (Å²) in [5, 5.41) is 18.0. The van der Waals surface area contributed by atoms with E-state index in [2.05, 4.69) is 30.8 Å². The van der Waals surface area contributed by atoms with E-state index in [4.69, 9.17) is 16.5 Å². The number of hydrogen-bond acceptors (Lipinski definition) is 8. The Bertz CT molecular complexity index is 1670. The van der Waals surface area contributed by atoms with Crippen molar-refractivity contribution in [3.05, 3.63) is 98.2 Å². The van der Waals surface area contributed by atoms with E-state index in [1.54, 1.807) is 19.1 Å². The van der Waals surface area contributed by atoms with E-state index in [-0.39, 0.29) is 22.0 Å². The summed E-state index contributed by atoms with van der Waals surface area (Å²) in [7, 11) is -2.12. The van der Waals surface area contributed by atoms with Crippen molar-refractivity contribution in [3.63, 3.8) is 0 Å². The molecule has 0 unspecified atom stereocenters. The lowest BCUT2D eigenvalue weighted by atomic mass is 9.99. The van der Waals surface area contributed by atoms with E-state index in [0.29, 0.717) is 22.6 Å². The molecule has 192 valence electrons. The third-order valence-corrected chi connectivity index (χ3v) is 6.79. The molecule has 2 aromatic heterocycles. The largest absolute Gasteiger partial charge is 0.346 e. The molecule has 0 aliphatic carbocycles. The normalized spacial score (nSPS) is 10.5. The fourth-order valence-corrected chi connectivity index (χ4v) is 4.24. The first kappa shape index (κ1) is 27.6. The molecule has 2 aromatic carbocycles. The predicted octanol–water partition coefficient (Wildman–Crippen LogP) is 5.45. The van der Waals surface area contributed by atoms with Gasteiger partial charge in [-0.1, -0.05) is 47.6 Å². The molecule has 4 aromatic rings. The quantitative estimate of drug-likeness (QED) is 0.0858. The molecular weight excluding hydrogens is 510 g/mol. The van der Waals surface area contributed by atoms with Crippen LogP contribution in [0.25, 0.3) is 32.8 Å². The SMILES string of the molecule is C#Cc1onc(-c2ccccc2)c1-c1ccc(S(=O)(=O)NC)cc1.Cc1cnc(N=[N+]=[N-])c(C)c1[N+](=O)[O-]. The van der Waals surface area contributed by atoms with Crippen LogP contribution in [0.3, 0.4) is 0 Å². The maximum atomic E-state index is 11.8. The molecule has 0 amide bonds. The molecule has 0 fully saturated rings. The lowest BCUT2D eigenvalue weighted by molar-refractivity contribution is -0.386. The maximum Gasteiger partial charge on any atom is 0.278 e. The average Bonchev–Trinajstić information content (AvgIpc) is 3.35. The summed E-state index contributed by atoms with van der Waals surface area (Å²) in [5.41, 5.74) is 11.8. The van der Waals surface area contributed by atoms with Crippen LogP contribution in [0.4, 0.5) is 11.5 Å². The van der Waals surface area contributed by atoms with Crippen LogP contribution < -0.4 is 4.72 Å². The first-order valence-electron chi connectivity index (χ1n) is 10.9. The molecule has 0 aliphatic rings. The molecule has 4 rings (SSSR count). The third kappa shape index (κ3) is 5.85. The summed E-state index contributed by atoms with van der Waals surface area (Å²) < 4.78 is 31.2. The third-order valence-electron chi connectivity index (χ3n) is 5.36. The summed E-state index contributed by atoms with van der Waals surface area (Å²) in [6.07, 6.45) is 6.83. The van der Waals surface area contributed by atoms with Crippen LogP contribution >= 0.6 is 0 Å². The number of benzene rings is 2. The smallest absolute Gasteiger partial charge is 0.278 e. The summed E-state index contributed by atoms with van der Waals surface area (Å²) in [6.45, 7) is 3.08. The van der Waals surface area contributed by atoms with Gasteiger partial charge in [0.1, 0.15) is 11.5 Å². The van der Waals surface area contributed by atoms with Crippen molar-refractivity contribution in [2.24, 2.45) is 5.11 Å². The minimum atomic E-state index is -3.49. The van der Waals surface area contributed by atoms with Gasteiger partial charge in [0.2, 0.25) is 15.8 Å². The predicted molar refractivity (Wildman–Crippen MR) is 141 cm³/mol. The van der Waals surface area contributed by atoms with E-state index >= 15 is 0 Å². The van der Waals surface area contributed by atoms with E-state index in [0.717, 1.165) is 11.1 Å². The van der Waals surface area contributed by atoms with Gasteiger partial charge in [-0.2, -0.15) is 0 Å². The lowest BCUT2D eigenvalue weighted by Crippen LogP contribution is -2.18. The molecule has 2 heterocycles. The van der Waals surface area contributed by atoms with Crippen LogP contribution in [0.15, 0.2) is 75.3 Å². The maximum absolute atomic E-state index is 11.8. The van der Waals surface area contributed by atoms with Crippen molar-refractivity contribution in [1.82, 2.24) is 14.9 Å². The molecule has 38 heavy (non-hydrogen) atoms. The number of azide groups is 1. The highest BCUT2D eigenvalue weighted by molar-refractivity contribution is 7.89. The Morgan fingerprint density at radius 3 is 2.34 bits per heavy atom. The Kier molecular flexibility index (Phi) is 8.57. The van der Waals surface area contributed by atoms with Crippen molar-refractivity contribution in [1.29, 1.82) is 0 Å². The van der Waals surface area contributed by atoms with E-state index in [1.807, 2.05) is 30.3 Å². The molecule has 0 bridgehead atoms. The summed E-state index contributed by atoms with van der Waals surface area (Å²) >= 11 is 0. The Morgan fingerprint density at radius 1 is 1.13 bits per heavy atom. The van der Waals surface area contributed by atoms with E-state index in [1.165, 1.54) is 32.3 Å². The molecule has 12 nitrogen and oxygen atoms in total. The van der Waals surface area contributed by atoms with Crippen molar-refractivity contribution >= 4 is 21.5 Å². The number of pyridine rings is 1. The number of nitrogens with one attached hydrogen (secondary N) is 1. The molecule has 0 spiro atoms. The number of aryl methyl sites for hydroxylation is 1. The zero-order valence-electron chi connectivity index (χ0n) is 20.5. The minimum absolute atomic E-state index is 0.0461. The lowest BCUT2D eigenvalue weighted by Gasteiger charge is -2.05. The van der Waals surface area contributed by atoms with Crippen molar-refractivity contribution in [2.45, 2.75) is 18.7 Å². The second-order valence-electron chi connectivity index (χ2n) is 7.66. The van der Waals surface area contributed by atoms with E-state index < -0.39 is 14.9 Å². The van der Waals surface area contributed by atoms with Gasteiger partial charge in [-0.15, -0.1) is 6.42 Å². The van der Waals surface area contributed by atoms with Gasteiger partial charge in [0, 0.05) is 22.2 Å². The standard InChI is InChI=1S/C18H14N2O3S.C7H7N5O2/c1-3-16-17(18(20-23-16)14-7-5-4-6-8-14)13-9-11-15(12-10-13)24(21,22)19-2;1-4-3-9-7(10-11-8)5(2)6(4)12(13)14/h1,4-12,19H,2H3;3H,1-2H3. The second kappa shape index (κ2) is 11.8. The highest BCUT2D eigenvalue weighted by Gasteiger charge is 2.20. The first-order valence-corrected chi connectivity index (χ1v) is 12.3. The van der Waals surface area contributed by atoms with Gasteiger partial charge in [-0.05, 0) is 55.2 Å². The molecule has 0 atom stereocenters. The Labute approximate surface area is 218 Å².